The molecule has 3 aromatic rings. The van der Waals surface area contributed by atoms with Gasteiger partial charge in [-0.2, -0.15) is 0 Å². The Kier molecular flexibility index (Phi) is 3.22. The maximum Gasteiger partial charge on any atom is 0.278 e. The molecule has 0 aliphatic carbocycles. The van der Waals surface area contributed by atoms with Gasteiger partial charge in [0.05, 0.1) is 15.8 Å². The average molecular weight is 280 g/mol. The smallest absolute Gasteiger partial charge is 0.278 e. The molecule has 2 aromatic carbocycles. The largest absolute Gasteiger partial charge is 0.343 e. The van der Waals surface area contributed by atoms with E-state index in [-0.39, 0.29) is 10.6 Å². The maximum atomic E-state index is 11.1. The molecule has 106 valence electrons. The van der Waals surface area contributed by atoms with Gasteiger partial charge in [-0.25, -0.2) is 0 Å². The molecule has 0 bridgehead atoms. The molecular formula is C17H16N2O2. The average Bonchev–Trinajstić information content (AvgIpc) is 2.86. The number of aromatic nitrogens is 1. The van der Waals surface area contributed by atoms with E-state index in [0.717, 1.165) is 12.1 Å². The lowest BCUT2D eigenvalue weighted by atomic mass is 10.0. The Morgan fingerprint density at radius 3 is 2.38 bits per heavy atom. The van der Waals surface area contributed by atoms with E-state index in [9.17, 15) is 10.1 Å². The number of hydrogen-bond acceptors (Lipinski definition) is 2. The van der Waals surface area contributed by atoms with E-state index >= 15 is 0 Å². The Balaban J connectivity index is 2.10. The van der Waals surface area contributed by atoms with Crippen LogP contribution in [0.1, 0.15) is 16.7 Å². The van der Waals surface area contributed by atoms with Crippen LogP contribution < -0.4 is 0 Å². The van der Waals surface area contributed by atoms with Gasteiger partial charge in [0.1, 0.15) is 0 Å². The number of rotatable bonds is 3. The summed E-state index contributed by atoms with van der Waals surface area (Å²) < 4.78 is 2.07. The quantitative estimate of drug-likeness (QED) is 0.533. The fourth-order valence-electron chi connectivity index (χ4n) is 2.77. The lowest BCUT2D eigenvalue weighted by molar-refractivity contribution is -0.383. The van der Waals surface area contributed by atoms with E-state index in [0.29, 0.717) is 5.39 Å². The zero-order valence-electron chi connectivity index (χ0n) is 12.0. The summed E-state index contributed by atoms with van der Waals surface area (Å²) in [4.78, 5) is 10.8. The third-order valence-corrected chi connectivity index (χ3v) is 3.96. The number of aryl methyl sites for hydroxylation is 2. The molecule has 0 aliphatic rings. The van der Waals surface area contributed by atoms with E-state index in [2.05, 4.69) is 30.5 Å². The van der Waals surface area contributed by atoms with Crippen LogP contribution in [0.5, 0.6) is 0 Å². The SMILES string of the molecule is Cc1cccc(C)c1Cn1ccc2c([N+](=O)[O-])cccc21. The van der Waals surface area contributed by atoms with Gasteiger partial charge in [0.15, 0.2) is 0 Å². The molecular weight excluding hydrogens is 264 g/mol. The lowest BCUT2D eigenvalue weighted by Gasteiger charge is -2.11. The van der Waals surface area contributed by atoms with Gasteiger partial charge in [0.2, 0.25) is 0 Å². The van der Waals surface area contributed by atoms with E-state index in [4.69, 9.17) is 0 Å². The van der Waals surface area contributed by atoms with Crippen LogP contribution in [-0.4, -0.2) is 9.49 Å². The van der Waals surface area contributed by atoms with Crippen molar-refractivity contribution in [2.75, 3.05) is 0 Å². The van der Waals surface area contributed by atoms with Crippen LogP contribution in [0.25, 0.3) is 10.9 Å². The van der Waals surface area contributed by atoms with Gasteiger partial charge in [-0.05, 0) is 42.7 Å². The molecule has 1 heterocycles. The molecule has 0 N–H and O–H groups in total. The first kappa shape index (κ1) is 13.4. The van der Waals surface area contributed by atoms with Crippen LogP contribution >= 0.6 is 0 Å². The van der Waals surface area contributed by atoms with Gasteiger partial charge in [-0.15, -0.1) is 0 Å². The first-order valence-corrected chi connectivity index (χ1v) is 6.85. The van der Waals surface area contributed by atoms with E-state index < -0.39 is 0 Å². The molecule has 1 aromatic heterocycles. The molecule has 0 saturated heterocycles. The highest BCUT2D eigenvalue weighted by Gasteiger charge is 2.14. The summed E-state index contributed by atoms with van der Waals surface area (Å²) in [6.07, 6.45) is 1.92. The second-order valence-electron chi connectivity index (χ2n) is 5.28. The highest BCUT2D eigenvalue weighted by Crippen LogP contribution is 2.27. The number of benzene rings is 2. The number of hydrogen-bond donors (Lipinski definition) is 0. The molecule has 0 spiro atoms. The second-order valence-corrected chi connectivity index (χ2v) is 5.28. The first-order valence-electron chi connectivity index (χ1n) is 6.85. The predicted molar refractivity (Wildman–Crippen MR) is 83.6 cm³/mol. The standard InChI is InChI=1S/C17H16N2O2/c1-12-5-3-6-13(2)15(12)11-18-10-9-14-16(18)7-4-8-17(14)19(20)21/h3-10H,11H2,1-2H3. The van der Waals surface area contributed by atoms with Crippen LogP contribution in [0, 0.1) is 24.0 Å². The van der Waals surface area contributed by atoms with Crippen molar-refractivity contribution in [3.05, 3.63) is 75.5 Å². The molecule has 3 rings (SSSR count). The van der Waals surface area contributed by atoms with Gasteiger partial charge in [0, 0.05) is 18.8 Å². The van der Waals surface area contributed by atoms with Crippen molar-refractivity contribution in [1.29, 1.82) is 0 Å². The Morgan fingerprint density at radius 1 is 1.05 bits per heavy atom. The first-order chi connectivity index (χ1) is 10.1. The molecule has 0 fully saturated rings. The van der Waals surface area contributed by atoms with Gasteiger partial charge < -0.3 is 4.57 Å². The van der Waals surface area contributed by atoms with E-state index in [1.54, 1.807) is 12.1 Å². The number of nitrogens with zero attached hydrogens (tertiary/aromatic N) is 2. The summed E-state index contributed by atoms with van der Waals surface area (Å²) >= 11 is 0. The molecule has 4 nitrogen and oxygen atoms in total. The molecule has 0 aliphatic heterocycles. The number of non-ortho nitro benzene ring substituents is 1. The Hall–Kier alpha value is -2.62. The van der Waals surface area contributed by atoms with Crippen molar-refractivity contribution in [3.63, 3.8) is 0 Å². The van der Waals surface area contributed by atoms with Gasteiger partial charge in [-0.1, -0.05) is 24.3 Å². The van der Waals surface area contributed by atoms with Crippen molar-refractivity contribution in [1.82, 2.24) is 4.57 Å². The van der Waals surface area contributed by atoms with Crippen LogP contribution in [-0.2, 0) is 6.54 Å². The highest BCUT2D eigenvalue weighted by atomic mass is 16.6. The monoisotopic (exact) mass is 280 g/mol. The third kappa shape index (κ3) is 2.29. The molecule has 0 amide bonds. The van der Waals surface area contributed by atoms with Crippen LogP contribution in [0.3, 0.4) is 0 Å². The zero-order chi connectivity index (χ0) is 15.0. The highest BCUT2D eigenvalue weighted by molar-refractivity contribution is 5.89. The minimum atomic E-state index is -0.328. The van der Waals surface area contributed by atoms with Crippen molar-refractivity contribution < 1.29 is 4.92 Å². The molecule has 0 unspecified atom stereocenters. The van der Waals surface area contributed by atoms with Crippen LogP contribution in [0.4, 0.5) is 5.69 Å². The Bertz CT molecular complexity index is 814. The van der Waals surface area contributed by atoms with Crippen LogP contribution in [0.15, 0.2) is 48.7 Å². The number of fused-ring (bicyclic) bond motifs is 1. The minimum Gasteiger partial charge on any atom is -0.343 e. The number of nitro groups is 1. The zero-order valence-corrected chi connectivity index (χ0v) is 12.0. The summed E-state index contributed by atoms with van der Waals surface area (Å²) in [7, 11) is 0. The summed E-state index contributed by atoms with van der Waals surface area (Å²) in [6, 6.07) is 13.3. The fraction of sp³-hybridized carbons (Fsp3) is 0.176. The minimum absolute atomic E-state index is 0.160. The van der Waals surface area contributed by atoms with Crippen molar-refractivity contribution in [2.45, 2.75) is 20.4 Å². The molecule has 4 heteroatoms. The summed E-state index contributed by atoms with van der Waals surface area (Å²) in [5, 5.41) is 11.8. The topological polar surface area (TPSA) is 48.1 Å². The van der Waals surface area contributed by atoms with Crippen molar-refractivity contribution >= 4 is 16.6 Å². The van der Waals surface area contributed by atoms with E-state index in [1.807, 2.05) is 24.4 Å². The summed E-state index contributed by atoms with van der Waals surface area (Å²) in [6.45, 7) is 4.91. The third-order valence-electron chi connectivity index (χ3n) is 3.96. The van der Waals surface area contributed by atoms with Crippen molar-refractivity contribution in [3.8, 4) is 0 Å². The summed E-state index contributed by atoms with van der Waals surface area (Å²) in [5.41, 5.74) is 4.80. The van der Waals surface area contributed by atoms with Gasteiger partial charge >= 0.3 is 0 Å². The fourth-order valence-corrected chi connectivity index (χ4v) is 2.77. The van der Waals surface area contributed by atoms with Gasteiger partial charge in [0.25, 0.3) is 5.69 Å². The lowest BCUT2D eigenvalue weighted by Crippen LogP contribution is -2.02. The summed E-state index contributed by atoms with van der Waals surface area (Å²) in [5.74, 6) is 0. The van der Waals surface area contributed by atoms with Gasteiger partial charge in [-0.3, -0.25) is 10.1 Å². The normalized spacial score (nSPS) is 11.0. The maximum absolute atomic E-state index is 11.1. The van der Waals surface area contributed by atoms with Crippen LogP contribution in [0.2, 0.25) is 0 Å². The van der Waals surface area contributed by atoms with Crippen molar-refractivity contribution in [2.24, 2.45) is 0 Å². The predicted octanol–water partition coefficient (Wildman–Crippen LogP) is 4.21. The Morgan fingerprint density at radius 2 is 1.71 bits per heavy atom. The number of nitro benzene ring substituents is 1. The molecule has 0 atom stereocenters. The second kappa shape index (κ2) is 5.05. The molecule has 0 radical (unpaired) electrons. The molecule has 0 saturated carbocycles. The Labute approximate surface area is 122 Å². The van der Waals surface area contributed by atoms with E-state index in [1.165, 1.54) is 16.7 Å². The molecule has 21 heavy (non-hydrogen) atoms.